The number of hydrogen-bond donors (Lipinski definition) is 0. The summed E-state index contributed by atoms with van der Waals surface area (Å²) >= 11 is 6.96. The highest BCUT2D eigenvalue weighted by atomic mass is 79.9. The van der Waals surface area contributed by atoms with E-state index in [0.29, 0.717) is 5.75 Å². The molecule has 2 aromatic rings. The zero-order valence-corrected chi connectivity index (χ0v) is 15.7. The molecule has 0 aliphatic heterocycles. The van der Waals surface area contributed by atoms with E-state index in [0.717, 1.165) is 19.7 Å². The molecule has 0 atom stereocenters. The number of fused-ring (bicyclic) bond motifs is 1. The van der Waals surface area contributed by atoms with Gasteiger partial charge in [-0.1, -0.05) is 12.1 Å². The number of halogens is 2. The lowest BCUT2D eigenvalue weighted by Crippen LogP contribution is -2.22. The van der Waals surface area contributed by atoms with Crippen LogP contribution in [0.15, 0.2) is 51.6 Å². The highest BCUT2D eigenvalue weighted by Crippen LogP contribution is 2.33. The Kier molecular flexibility index (Phi) is 5.29. The van der Waals surface area contributed by atoms with Gasteiger partial charge in [0.25, 0.3) is 0 Å². The van der Waals surface area contributed by atoms with E-state index >= 15 is 0 Å². The predicted octanol–water partition coefficient (Wildman–Crippen LogP) is 5.60. The molecular formula is C17H16Br2O3. The SMILES string of the molecule is CC(C)(C)OC(=O)/C=C/Oc1cccc2cc(Br)c(Br)cc12. The third-order valence-electron chi connectivity index (χ3n) is 2.69. The van der Waals surface area contributed by atoms with Gasteiger partial charge in [-0.3, -0.25) is 0 Å². The van der Waals surface area contributed by atoms with E-state index in [1.165, 1.54) is 12.3 Å². The summed E-state index contributed by atoms with van der Waals surface area (Å²) in [4.78, 5) is 11.6. The molecule has 22 heavy (non-hydrogen) atoms. The normalized spacial score (nSPS) is 11.9. The summed E-state index contributed by atoms with van der Waals surface area (Å²) in [6.07, 6.45) is 2.62. The van der Waals surface area contributed by atoms with Gasteiger partial charge in [0.2, 0.25) is 0 Å². The van der Waals surface area contributed by atoms with Crippen molar-refractivity contribution in [2.45, 2.75) is 26.4 Å². The topological polar surface area (TPSA) is 35.5 Å². The molecule has 0 aliphatic carbocycles. The minimum absolute atomic E-state index is 0.434. The predicted molar refractivity (Wildman–Crippen MR) is 95.0 cm³/mol. The van der Waals surface area contributed by atoms with Crippen molar-refractivity contribution in [2.75, 3.05) is 0 Å². The van der Waals surface area contributed by atoms with E-state index in [1.54, 1.807) is 0 Å². The monoisotopic (exact) mass is 426 g/mol. The van der Waals surface area contributed by atoms with Crippen molar-refractivity contribution in [3.63, 3.8) is 0 Å². The fourth-order valence-electron chi connectivity index (χ4n) is 1.84. The number of esters is 1. The van der Waals surface area contributed by atoms with Crippen LogP contribution in [0.1, 0.15) is 20.8 Å². The summed E-state index contributed by atoms with van der Waals surface area (Å²) in [5.74, 6) is 0.238. The molecule has 0 amide bonds. The van der Waals surface area contributed by atoms with Gasteiger partial charge in [-0.05, 0) is 76.2 Å². The Morgan fingerprint density at radius 2 is 1.82 bits per heavy atom. The van der Waals surface area contributed by atoms with Gasteiger partial charge in [0.15, 0.2) is 0 Å². The Morgan fingerprint density at radius 1 is 1.14 bits per heavy atom. The van der Waals surface area contributed by atoms with Crippen LogP contribution in [0.5, 0.6) is 5.75 Å². The molecule has 3 nitrogen and oxygen atoms in total. The molecular weight excluding hydrogens is 412 g/mol. The lowest BCUT2D eigenvalue weighted by molar-refractivity contribution is -0.148. The summed E-state index contributed by atoms with van der Waals surface area (Å²) in [6, 6.07) is 9.72. The molecule has 0 radical (unpaired) electrons. The van der Waals surface area contributed by atoms with Crippen molar-refractivity contribution >= 4 is 48.6 Å². The molecule has 116 valence electrons. The maximum Gasteiger partial charge on any atom is 0.334 e. The van der Waals surface area contributed by atoms with Gasteiger partial charge < -0.3 is 9.47 Å². The molecule has 0 heterocycles. The van der Waals surface area contributed by atoms with E-state index < -0.39 is 11.6 Å². The first kappa shape index (κ1) is 17.0. The lowest BCUT2D eigenvalue weighted by Gasteiger charge is -2.17. The van der Waals surface area contributed by atoms with Crippen molar-refractivity contribution in [3.05, 3.63) is 51.6 Å². The van der Waals surface area contributed by atoms with Gasteiger partial charge in [0.05, 0.1) is 12.3 Å². The van der Waals surface area contributed by atoms with E-state index in [4.69, 9.17) is 9.47 Å². The average Bonchev–Trinajstić information content (AvgIpc) is 2.38. The van der Waals surface area contributed by atoms with Crippen LogP contribution >= 0.6 is 31.9 Å². The molecule has 0 unspecified atom stereocenters. The Hall–Kier alpha value is -1.33. The van der Waals surface area contributed by atoms with Gasteiger partial charge in [0.1, 0.15) is 11.4 Å². The third-order valence-corrected chi connectivity index (χ3v) is 4.53. The molecule has 0 saturated carbocycles. The number of hydrogen-bond acceptors (Lipinski definition) is 3. The van der Waals surface area contributed by atoms with Crippen molar-refractivity contribution < 1.29 is 14.3 Å². The Morgan fingerprint density at radius 3 is 2.50 bits per heavy atom. The summed E-state index contributed by atoms with van der Waals surface area (Å²) in [7, 11) is 0. The average molecular weight is 428 g/mol. The molecule has 2 rings (SSSR count). The molecule has 0 spiro atoms. The quantitative estimate of drug-likeness (QED) is 0.363. The lowest BCUT2D eigenvalue weighted by atomic mass is 10.1. The van der Waals surface area contributed by atoms with Crippen molar-refractivity contribution in [3.8, 4) is 5.75 Å². The van der Waals surface area contributed by atoms with Gasteiger partial charge in [0, 0.05) is 14.3 Å². The van der Waals surface area contributed by atoms with Crippen LogP contribution in [0.2, 0.25) is 0 Å². The number of rotatable bonds is 3. The number of benzene rings is 2. The van der Waals surface area contributed by atoms with E-state index in [2.05, 4.69) is 31.9 Å². The zero-order chi connectivity index (χ0) is 16.3. The second-order valence-electron chi connectivity index (χ2n) is 5.70. The summed E-state index contributed by atoms with van der Waals surface area (Å²) in [6.45, 7) is 5.46. The van der Waals surface area contributed by atoms with Crippen molar-refractivity contribution in [1.82, 2.24) is 0 Å². The van der Waals surface area contributed by atoms with Crippen molar-refractivity contribution in [2.24, 2.45) is 0 Å². The Bertz CT molecular complexity index is 730. The molecule has 0 N–H and O–H groups in total. The fraction of sp³-hybridized carbons (Fsp3) is 0.235. The number of carbonyl (C=O) groups is 1. The molecule has 5 heteroatoms. The molecule has 0 aromatic heterocycles. The molecule has 0 aliphatic rings. The largest absolute Gasteiger partial charge is 0.464 e. The minimum Gasteiger partial charge on any atom is -0.464 e. The first-order chi connectivity index (χ1) is 10.3. The summed E-state index contributed by atoms with van der Waals surface area (Å²) in [5.41, 5.74) is -0.516. The van der Waals surface area contributed by atoms with Crippen LogP contribution in [0, 0.1) is 0 Å². The maximum absolute atomic E-state index is 11.6. The first-order valence-electron chi connectivity index (χ1n) is 6.70. The summed E-state index contributed by atoms with van der Waals surface area (Å²) in [5, 5.41) is 1.99. The second-order valence-corrected chi connectivity index (χ2v) is 7.41. The van der Waals surface area contributed by atoms with Gasteiger partial charge in [-0.15, -0.1) is 0 Å². The van der Waals surface area contributed by atoms with Crippen LogP contribution in [-0.2, 0) is 9.53 Å². The summed E-state index contributed by atoms with van der Waals surface area (Å²) < 4.78 is 12.7. The highest BCUT2D eigenvalue weighted by molar-refractivity contribution is 9.13. The van der Waals surface area contributed by atoms with Gasteiger partial charge in [-0.25, -0.2) is 4.79 Å². The smallest absolute Gasteiger partial charge is 0.334 e. The van der Waals surface area contributed by atoms with Crippen LogP contribution in [-0.4, -0.2) is 11.6 Å². The second kappa shape index (κ2) is 6.84. The Labute approximate surface area is 146 Å². The van der Waals surface area contributed by atoms with Crippen LogP contribution in [0.3, 0.4) is 0 Å². The van der Waals surface area contributed by atoms with Gasteiger partial charge in [-0.2, -0.15) is 0 Å². The van der Waals surface area contributed by atoms with E-state index in [-0.39, 0.29) is 0 Å². The third kappa shape index (κ3) is 4.58. The van der Waals surface area contributed by atoms with E-state index in [9.17, 15) is 4.79 Å². The fourth-order valence-corrected chi connectivity index (χ4v) is 2.55. The zero-order valence-electron chi connectivity index (χ0n) is 12.5. The molecule has 0 fully saturated rings. The standard InChI is InChI=1S/C17H16Br2O3/c1-17(2,3)22-16(20)7-8-21-15-6-4-5-11-9-13(18)14(19)10-12(11)15/h4-10H,1-3H3/b8-7+. The first-order valence-corrected chi connectivity index (χ1v) is 8.29. The van der Waals surface area contributed by atoms with Gasteiger partial charge >= 0.3 is 5.97 Å². The number of ether oxygens (including phenoxy) is 2. The van der Waals surface area contributed by atoms with Crippen LogP contribution < -0.4 is 4.74 Å². The van der Waals surface area contributed by atoms with Crippen LogP contribution in [0.4, 0.5) is 0 Å². The maximum atomic E-state index is 11.6. The molecule has 0 bridgehead atoms. The van der Waals surface area contributed by atoms with Crippen molar-refractivity contribution in [1.29, 1.82) is 0 Å². The number of carbonyl (C=O) groups excluding carboxylic acids is 1. The van der Waals surface area contributed by atoms with E-state index in [1.807, 2.05) is 51.1 Å². The molecule has 0 saturated heterocycles. The molecule has 2 aromatic carbocycles. The minimum atomic E-state index is -0.516. The van der Waals surface area contributed by atoms with Crippen LogP contribution in [0.25, 0.3) is 10.8 Å². The highest BCUT2D eigenvalue weighted by Gasteiger charge is 2.14. The Balaban J connectivity index is 2.18.